The smallest absolute Gasteiger partial charge is 0.356 e. The first-order valence-corrected chi connectivity index (χ1v) is 5.09. The molecule has 0 spiro atoms. The monoisotopic (exact) mass is 196 g/mol. The third-order valence-corrected chi connectivity index (χ3v) is 2.93. The maximum atomic E-state index is 10.6. The van der Waals surface area contributed by atoms with Crippen LogP contribution < -0.4 is 0 Å². The van der Waals surface area contributed by atoms with Gasteiger partial charge in [0.2, 0.25) is 0 Å². The summed E-state index contributed by atoms with van der Waals surface area (Å²) in [6.45, 7) is 0. The van der Waals surface area contributed by atoms with Crippen LogP contribution in [0.4, 0.5) is 0 Å². The highest BCUT2D eigenvalue weighted by molar-refractivity contribution is 7.98. The van der Waals surface area contributed by atoms with Crippen LogP contribution in [-0.2, 0) is 12.2 Å². The molecule has 0 aliphatic carbocycles. The van der Waals surface area contributed by atoms with Crippen molar-refractivity contribution in [3.8, 4) is 0 Å². The summed E-state index contributed by atoms with van der Waals surface area (Å²) in [5.41, 5.74) is 2.01. The third kappa shape index (κ3) is 1.65. The van der Waals surface area contributed by atoms with E-state index in [1.807, 2.05) is 0 Å². The second kappa shape index (κ2) is 3.33. The summed E-state index contributed by atoms with van der Waals surface area (Å²) in [5, 5.41) is 16.2. The van der Waals surface area contributed by atoms with Gasteiger partial charge in [0.1, 0.15) is 0 Å². The van der Waals surface area contributed by atoms with Gasteiger partial charge >= 0.3 is 5.97 Å². The zero-order valence-electron chi connectivity index (χ0n) is 6.86. The average Bonchev–Trinajstić information content (AvgIpc) is 2.17. The van der Waals surface area contributed by atoms with Gasteiger partial charge in [-0.2, -0.15) is 16.9 Å². The molecule has 2 rings (SSSR count). The molecule has 0 saturated heterocycles. The predicted octanol–water partition coefficient (Wildman–Crippen LogP) is 0.964. The van der Waals surface area contributed by atoms with Crippen molar-refractivity contribution in [3.05, 3.63) is 23.0 Å². The van der Waals surface area contributed by atoms with Crippen LogP contribution in [0, 0.1) is 0 Å². The highest BCUT2D eigenvalue weighted by Gasteiger charge is 2.14. The maximum Gasteiger partial charge on any atom is 0.356 e. The Labute approximate surface area is 79.4 Å². The number of thioether (sulfide) groups is 1. The van der Waals surface area contributed by atoms with E-state index in [0.29, 0.717) is 0 Å². The normalized spacial score (nSPS) is 15.1. The molecule has 0 unspecified atom stereocenters. The van der Waals surface area contributed by atoms with Crippen LogP contribution in [0.25, 0.3) is 0 Å². The Balaban J connectivity index is 2.40. The lowest BCUT2D eigenvalue weighted by molar-refractivity contribution is 0.0689. The molecule has 1 aromatic rings. The maximum absolute atomic E-state index is 10.6. The van der Waals surface area contributed by atoms with Crippen molar-refractivity contribution >= 4 is 17.7 Å². The standard InChI is InChI=1S/C8H8N2O2S/c11-8(12)7-3-5-4-13-2-1-6(5)9-10-7/h3H,1-2,4H2,(H,11,12). The number of rotatable bonds is 1. The first kappa shape index (κ1) is 8.50. The molecule has 0 saturated carbocycles. The first-order chi connectivity index (χ1) is 6.27. The van der Waals surface area contributed by atoms with Gasteiger partial charge in [0.15, 0.2) is 5.69 Å². The molecular formula is C8H8N2O2S. The van der Waals surface area contributed by atoms with Gasteiger partial charge in [-0.3, -0.25) is 0 Å². The van der Waals surface area contributed by atoms with E-state index >= 15 is 0 Å². The highest BCUT2D eigenvalue weighted by atomic mass is 32.2. The number of carbonyl (C=O) groups is 1. The van der Waals surface area contributed by atoms with E-state index < -0.39 is 5.97 Å². The fourth-order valence-electron chi connectivity index (χ4n) is 1.25. The number of carboxylic acids is 1. The number of nitrogens with zero attached hydrogens (tertiary/aromatic N) is 2. The van der Waals surface area contributed by atoms with Crippen LogP contribution in [-0.4, -0.2) is 27.0 Å². The van der Waals surface area contributed by atoms with Gasteiger partial charge in [0.05, 0.1) is 5.69 Å². The van der Waals surface area contributed by atoms with Crippen LogP contribution >= 0.6 is 11.8 Å². The first-order valence-electron chi connectivity index (χ1n) is 3.94. The quantitative estimate of drug-likeness (QED) is 0.725. The summed E-state index contributed by atoms with van der Waals surface area (Å²) in [5.74, 6) is 0.894. The van der Waals surface area contributed by atoms with E-state index in [9.17, 15) is 4.79 Å². The van der Waals surface area contributed by atoms with E-state index in [0.717, 1.165) is 29.2 Å². The molecule has 0 amide bonds. The van der Waals surface area contributed by atoms with Crippen LogP contribution in [0.1, 0.15) is 21.7 Å². The number of hydrogen-bond acceptors (Lipinski definition) is 4. The molecule has 1 aliphatic heterocycles. The van der Waals surface area contributed by atoms with E-state index in [2.05, 4.69) is 10.2 Å². The molecule has 68 valence electrons. The summed E-state index contributed by atoms with van der Waals surface area (Å²) >= 11 is 1.80. The third-order valence-electron chi connectivity index (χ3n) is 1.92. The van der Waals surface area contributed by atoms with Crippen molar-refractivity contribution in [2.45, 2.75) is 12.2 Å². The number of carboxylic acid groups (broad SMARTS) is 1. The fraction of sp³-hybridized carbons (Fsp3) is 0.375. The summed E-state index contributed by atoms with van der Waals surface area (Å²) in [7, 11) is 0. The van der Waals surface area contributed by atoms with Crippen LogP contribution in [0.3, 0.4) is 0 Å². The Kier molecular flexibility index (Phi) is 2.18. The van der Waals surface area contributed by atoms with Gasteiger partial charge in [-0.15, -0.1) is 5.10 Å². The van der Waals surface area contributed by atoms with Gasteiger partial charge in [-0.05, 0) is 17.4 Å². The minimum absolute atomic E-state index is 0.0428. The van der Waals surface area contributed by atoms with Gasteiger partial charge < -0.3 is 5.11 Å². The summed E-state index contributed by atoms with van der Waals surface area (Å²) < 4.78 is 0. The van der Waals surface area contributed by atoms with Crippen molar-refractivity contribution in [1.82, 2.24) is 10.2 Å². The highest BCUT2D eigenvalue weighted by Crippen LogP contribution is 2.22. The number of aromatic carboxylic acids is 1. The minimum Gasteiger partial charge on any atom is -0.476 e. The minimum atomic E-state index is -1.01. The van der Waals surface area contributed by atoms with Gasteiger partial charge in [-0.25, -0.2) is 4.79 Å². The van der Waals surface area contributed by atoms with Crippen molar-refractivity contribution < 1.29 is 9.90 Å². The lowest BCUT2D eigenvalue weighted by Gasteiger charge is -2.12. The van der Waals surface area contributed by atoms with E-state index in [-0.39, 0.29) is 5.69 Å². The van der Waals surface area contributed by atoms with Gasteiger partial charge in [0.25, 0.3) is 0 Å². The Hall–Kier alpha value is -1.10. The van der Waals surface area contributed by atoms with Crippen molar-refractivity contribution in [2.24, 2.45) is 0 Å². The summed E-state index contributed by atoms with van der Waals surface area (Å²) in [4.78, 5) is 10.6. The zero-order valence-corrected chi connectivity index (χ0v) is 7.67. The predicted molar refractivity (Wildman–Crippen MR) is 48.9 cm³/mol. The van der Waals surface area contributed by atoms with Crippen LogP contribution in [0.2, 0.25) is 0 Å². The van der Waals surface area contributed by atoms with E-state index in [1.165, 1.54) is 0 Å². The SMILES string of the molecule is O=C(O)c1cc2c(nn1)CCSC2. The second-order valence-corrected chi connectivity index (χ2v) is 3.91. The molecule has 13 heavy (non-hydrogen) atoms. The summed E-state index contributed by atoms with van der Waals surface area (Å²) in [6.07, 6.45) is 0.896. The number of aromatic nitrogens is 2. The number of hydrogen-bond donors (Lipinski definition) is 1. The van der Waals surface area contributed by atoms with Crippen LogP contribution in [0.5, 0.6) is 0 Å². The van der Waals surface area contributed by atoms with Crippen molar-refractivity contribution in [2.75, 3.05) is 5.75 Å². The van der Waals surface area contributed by atoms with Crippen LogP contribution in [0.15, 0.2) is 6.07 Å². The fourth-order valence-corrected chi connectivity index (χ4v) is 2.20. The summed E-state index contributed by atoms with van der Waals surface area (Å²) in [6, 6.07) is 1.62. The Morgan fingerprint density at radius 2 is 2.38 bits per heavy atom. The molecule has 0 bridgehead atoms. The average molecular weight is 196 g/mol. The van der Waals surface area contributed by atoms with Gasteiger partial charge in [0, 0.05) is 12.2 Å². The molecule has 0 fully saturated rings. The second-order valence-electron chi connectivity index (χ2n) is 2.81. The molecule has 0 aromatic carbocycles. The molecule has 4 nitrogen and oxygen atoms in total. The zero-order chi connectivity index (χ0) is 9.26. The largest absolute Gasteiger partial charge is 0.476 e. The molecule has 1 N–H and O–H groups in total. The topological polar surface area (TPSA) is 63.1 Å². The van der Waals surface area contributed by atoms with E-state index in [4.69, 9.17) is 5.11 Å². The number of fused-ring (bicyclic) bond motifs is 1. The Bertz CT molecular complexity index is 354. The molecule has 1 aliphatic rings. The van der Waals surface area contributed by atoms with Crippen molar-refractivity contribution in [3.63, 3.8) is 0 Å². The van der Waals surface area contributed by atoms with Gasteiger partial charge in [-0.1, -0.05) is 0 Å². The molecular weight excluding hydrogens is 188 g/mol. The molecule has 5 heteroatoms. The Morgan fingerprint density at radius 1 is 1.54 bits per heavy atom. The Morgan fingerprint density at radius 3 is 3.15 bits per heavy atom. The van der Waals surface area contributed by atoms with Crippen molar-refractivity contribution in [1.29, 1.82) is 0 Å². The molecule has 1 aromatic heterocycles. The molecule has 0 radical (unpaired) electrons. The lowest BCUT2D eigenvalue weighted by Crippen LogP contribution is -2.11. The molecule has 0 atom stereocenters. The number of aryl methyl sites for hydroxylation is 1. The van der Waals surface area contributed by atoms with E-state index in [1.54, 1.807) is 17.8 Å². The lowest BCUT2D eigenvalue weighted by atomic mass is 10.1. The molecule has 2 heterocycles.